The minimum atomic E-state index is -0.888. The van der Waals surface area contributed by atoms with Gasteiger partial charge in [0, 0.05) is 6.61 Å². The quantitative estimate of drug-likeness (QED) is 0.429. The lowest BCUT2D eigenvalue weighted by Crippen LogP contribution is -2.31. The maximum atomic E-state index is 12.6. The van der Waals surface area contributed by atoms with Crippen molar-refractivity contribution < 1.29 is 18.3 Å². The zero-order valence-electron chi connectivity index (χ0n) is 7.83. The van der Waals surface area contributed by atoms with Gasteiger partial charge in [-0.05, 0) is 19.2 Å². The summed E-state index contributed by atoms with van der Waals surface area (Å²) >= 11 is 0. The Morgan fingerprint density at radius 1 is 1.71 bits per heavy atom. The van der Waals surface area contributed by atoms with Crippen LogP contribution in [0.3, 0.4) is 0 Å². The van der Waals surface area contributed by atoms with Crippen LogP contribution in [0, 0.1) is 0 Å². The number of hydrogen-bond donors (Lipinski definition) is 1. The summed E-state index contributed by atoms with van der Waals surface area (Å²) in [5.74, 6) is -1.08. The summed E-state index contributed by atoms with van der Waals surface area (Å²) in [4.78, 5) is 0. The van der Waals surface area contributed by atoms with Gasteiger partial charge in [0.25, 0.3) is 0 Å². The molecule has 1 N–H and O–H groups in total. The van der Waals surface area contributed by atoms with Crippen LogP contribution < -0.4 is 5.43 Å². The third-order valence-electron chi connectivity index (χ3n) is 1.32. The Labute approximate surface area is 79.9 Å². The molecule has 0 saturated heterocycles. The van der Waals surface area contributed by atoms with E-state index in [0.29, 0.717) is 6.61 Å². The molecular formula is C7H11F2N3O2. The lowest BCUT2D eigenvalue weighted by atomic mass is 10.5. The summed E-state index contributed by atoms with van der Waals surface area (Å²) < 4.78 is 35.0. The first kappa shape index (κ1) is 10.7. The van der Waals surface area contributed by atoms with Crippen molar-refractivity contribution >= 4 is 5.90 Å². The zero-order valence-corrected chi connectivity index (χ0v) is 7.83. The second-order valence-electron chi connectivity index (χ2n) is 2.44. The van der Waals surface area contributed by atoms with Crippen molar-refractivity contribution in [3.8, 4) is 0 Å². The third kappa shape index (κ3) is 3.17. The van der Waals surface area contributed by atoms with Crippen LogP contribution in [0.15, 0.2) is 17.1 Å². The van der Waals surface area contributed by atoms with Crippen molar-refractivity contribution in [3.63, 3.8) is 0 Å². The minimum Gasteiger partial charge on any atom is -0.447 e. The average Bonchev–Trinajstić information content (AvgIpc) is 2.01. The average molecular weight is 207 g/mol. The highest BCUT2D eigenvalue weighted by Gasteiger charge is 2.15. The van der Waals surface area contributed by atoms with Crippen LogP contribution in [-0.2, 0) is 9.47 Å². The molecule has 0 aromatic rings. The maximum absolute atomic E-state index is 12.6. The summed E-state index contributed by atoms with van der Waals surface area (Å²) in [6.45, 7) is 3.82. The van der Waals surface area contributed by atoms with Gasteiger partial charge in [-0.15, -0.1) is 0 Å². The van der Waals surface area contributed by atoms with E-state index in [-0.39, 0.29) is 11.2 Å². The van der Waals surface area contributed by atoms with E-state index in [1.54, 1.807) is 19.3 Å². The normalized spacial score (nSPS) is 18.1. The molecule has 1 atom stereocenters. The molecule has 0 amide bonds. The third-order valence-corrected chi connectivity index (χ3v) is 1.32. The van der Waals surface area contributed by atoms with Gasteiger partial charge in [-0.3, -0.25) is 0 Å². The molecule has 0 aromatic heterocycles. The number of hydrogen-bond acceptors (Lipinski definition) is 5. The molecule has 0 radical (unpaired) electrons. The Bertz CT molecular complexity index is 257. The molecule has 80 valence electrons. The molecule has 0 aromatic carbocycles. The molecule has 7 heteroatoms. The SMILES string of the molecule is CCOC(C)OC1=NN(F)NC(F)=C1. The van der Waals surface area contributed by atoms with E-state index in [4.69, 9.17) is 9.47 Å². The highest BCUT2D eigenvalue weighted by molar-refractivity contribution is 5.88. The molecule has 0 spiro atoms. The van der Waals surface area contributed by atoms with E-state index in [2.05, 4.69) is 5.10 Å². The van der Waals surface area contributed by atoms with Gasteiger partial charge >= 0.3 is 0 Å². The fourth-order valence-corrected chi connectivity index (χ4v) is 0.866. The first-order valence-corrected chi connectivity index (χ1v) is 4.08. The molecule has 0 saturated carbocycles. The maximum Gasteiger partial charge on any atom is 0.242 e. The molecule has 0 aliphatic carbocycles. The number of nitrogens with one attached hydrogen (secondary N) is 1. The standard InChI is InChI=1S/C7H11F2N3O2/c1-3-13-5(2)14-7-4-6(8)10-12(9)11-7/h4-5,10H,3H2,1-2H3. The number of halogens is 2. The van der Waals surface area contributed by atoms with Gasteiger partial charge in [-0.2, -0.15) is 4.39 Å². The fourth-order valence-electron chi connectivity index (χ4n) is 0.866. The first-order chi connectivity index (χ1) is 6.61. The van der Waals surface area contributed by atoms with E-state index in [1.165, 1.54) is 0 Å². The topological polar surface area (TPSA) is 46.1 Å². The van der Waals surface area contributed by atoms with Gasteiger partial charge in [-0.25, -0.2) is 5.43 Å². The Morgan fingerprint density at radius 3 is 3.00 bits per heavy atom. The summed E-state index contributed by atoms with van der Waals surface area (Å²) in [5.41, 5.74) is 1.67. The molecule has 1 aliphatic rings. The molecule has 1 heterocycles. The van der Waals surface area contributed by atoms with Crippen molar-refractivity contribution in [2.45, 2.75) is 20.1 Å². The monoisotopic (exact) mass is 207 g/mol. The van der Waals surface area contributed by atoms with Crippen LogP contribution in [0.2, 0.25) is 0 Å². The number of ether oxygens (including phenoxy) is 2. The van der Waals surface area contributed by atoms with E-state index >= 15 is 0 Å². The van der Waals surface area contributed by atoms with Crippen molar-refractivity contribution in [3.05, 3.63) is 12.0 Å². The van der Waals surface area contributed by atoms with E-state index in [9.17, 15) is 8.87 Å². The van der Waals surface area contributed by atoms with Crippen LogP contribution in [-0.4, -0.2) is 24.1 Å². The molecular weight excluding hydrogens is 196 g/mol. The molecule has 5 nitrogen and oxygen atoms in total. The van der Waals surface area contributed by atoms with Crippen molar-refractivity contribution in [2.24, 2.45) is 5.10 Å². The smallest absolute Gasteiger partial charge is 0.242 e. The van der Waals surface area contributed by atoms with Gasteiger partial charge in [0.2, 0.25) is 11.8 Å². The zero-order chi connectivity index (χ0) is 10.6. The number of nitrogens with zero attached hydrogens (tertiary/aromatic N) is 2. The predicted octanol–water partition coefficient (Wildman–Crippen LogP) is 1.21. The van der Waals surface area contributed by atoms with Crippen molar-refractivity contribution in [1.29, 1.82) is 0 Å². The Morgan fingerprint density at radius 2 is 2.43 bits per heavy atom. The second-order valence-corrected chi connectivity index (χ2v) is 2.44. The Kier molecular flexibility index (Phi) is 3.63. The predicted molar refractivity (Wildman–Crippen MR) is 44.9 cm³/mol. The molecule has 1 rings (SSSR count). The van der Waals surface area contributed by atoms with Gasteiger partial charge in [-0.1, -0.05) is 9.58 Å². The van der Waals surface area contributed by atoms with Crippen molar-refractivity contribution in [1.82, 2.24) is 10.8 Å². The number of hydrazone groups is 1. The van der Waals surface area contributed by atoms with E-state index in [1.807, 2.05) is 0 Å². The van der Waals surface area contributed by atoms with E-state index in [0.717, 1.165) is 6.08 Å². The highest BCUT2D eigenvalue weighted by atomic mass is 19.2. The van der Waals surface area contributed by atoms with Crippen LogP contribution >= 0.6 is 0 Å². The number of hydrazine groups is 1. The van der Waals surface area contributed by atoms with Gasteiger partial charge in [0.15, 0.2) is 6.29 Å². The minimum absolute atomic E-state index is 0.190. The van der Waals surface area contributed by atoms with Gasteiger partial charge < -0.3 is 9.47 Å². The lowest BCUT2D eigenvalue weighted by molar-refractivity contribution is -0.0789. The van der Waals surface area contributed by atoms with Crippen molar-refractivity contribution in [2.75, 3.05) is 6.61 Å². The second kappa shape index (κ2) is 4.75. The van der Waals surface area contributed by atoms with Crippen LogP contribution in [0.25, 0.3) is 0 Å². The van der Waals surface area contributed by atoms with Crippen LogP contribution in [0.5, 0.6) is 0 Å². The van der Waals surface area contributed by atoms with Gasteiger partial charge in [0.05, 0.1) is 6.08 Å². The summed E-state index contributed by atoms with van der Waals surface area (Å²) in [5, 5.41) is 2.93. The Hall–Kier alpha value is -1.37. The van der Waals surface area contributed by atoms with Gasteiger partial charge in [0.1, 0.15) is 0 Å². The Balaban J connectivity index is 2.51. The highest BCUT2D eigenvalue weighted by Crippen LogP contribution is 2.06. The summed E-state index contributed by atoms with van der Waals surface area (Å²) in [6.07, 6.45) is 0.320. The van der Waals surface area contributed by atoms with Crippen LogP contribution in [0.4, 0.5) is 8.87 Å². The largest absolute Gasteiger partial charge is 0.447 e. The summed E-state index contributed by atoms with van der Waals surface area (Å²) in [7, 11) is 0. The first-order valence-electron chi connectivity index (χ1n) is 4.08. The molecule has 14 heavy (non-hydrogen) atoms. The molecule has 0 fully saturated rings. The summed E-state index contributed by atoms with van der Waals surface area (Å²) in [6, 6.07) is 0. The van der Waals surface area contributed by atoms with E-state index < -0.39 is 12.2 Å². The molecule has 0 bridgehead atoms. The molecule has 1 unspecified atom stereocenters. The number of rotatable bonds is 3. The van der Waals surface area contributed by atoms with Crippen LogP contribution in [0.1, 0.15) is 13.8 Å². The lowest BCUT2D eigenvalue weighted by Gasteiger charge is -2.18. The fraction of sp³-hybridized carbons (Fsp3) is 0.571. The molecule has 1 aliphatic heterocycles.